The lowest BCUT2D eigenvalue weighted by molar-refractivity contribution is 0.341. The highest BCUT2D eigenvalue weighted by atomic mass is 31.2. The Kier molecular flexibility index (Phi) is 3.90. The third kappa shape index (κ3) is 2.38. The summed E-state index contributed by atoms with van der Waals surface area (Å²) in [5.41, 5.74) is 0.704. The molecule has 1 heterocycles. The van der Waals surface area contributed by atoms with E-state index in [2.05, 4.69) is 12.2 Å². The van der Waals surface area contributed by atoms with Gasteiger partial charge in [0.1, 0.15) is 11.5 Å². The largest absolute Gasteiger partial charge is 0.497 e. The highest BCUT2D eigenvalue weighted by molar-refractivity contribution is 7.54. The highest BCUT2D eigenvalue weighted by Crippen LogP contribution is 2.66. The number of fused-ring (bicyclic) bond motifs is 1. The number of benzene rings is 1. The molecule has 1 aromatic rings. The molecule has 2 N–H and O–H groups in total. The summed E-state index contributed by atoms with van der Waals surface area (Å²) in [7, 11) is -2.23. The van der Waals surface area contributed by atoms with Crippen molar-refractivity contribution in [3.05, 3.63) is 23.8 Å². The molecule has 0 aliphatic carbocycles. The SMILES string of the molecule is CCCCNC1(C)c2ccc(OC)cc2OP1(=O)O. The van der Waals surface area contributed by atoms with E-state index in [0.29, 0.717) is 23.6 Å². The van der Waals surface area contributed by atoms with Gasteiger partial charge in [0, 0.05) is 11.6 Å². The van der Waals surface area contributed by atoms with Crippen LogP contribution in [0.1, 0.15) is 32.3 Å². The molecule has 0 saturated carbocycles. The van der Waals surface area contributed by atoms with Crippen LogP contribution in [0.25, 0.3) is 0 Å². The average Bonchev–Trinajstić information content (AvgIpc) is 2.56. The lowest BCUT2D eigenvalue weighted by Gasteiger charge is -2.27. The maximum Gasteiger partial charge on any atom is 0.400 e. The lowest BCUT2D eigenvalue weighted by atomic mass is 10.1. The van der Waals surface area contributed by atoms with Crippen LogP contribution in [0.15, 0.2) is 18.2 Å². The minimum atomic E-state index is -3.78. The van der Waals surface area contributed by atoms with Crippen LogP contribution in [0.4, 0.5) is 0 Å². The number of hydrogen-bond donors (Lipinski definition) is 2. The quantitative estimate of drug-likeness (QED) is 0.643. The maximum atomic E-state index is 12.3. The zero-order valence-corrected chi connectivity index (χ0v) is 12.4. The van der Waals surface area contributed by atoms with Crippen LogP contribution in [-0.2, 0) is 9.85 Å². The van der Waals surface area contributed by atoms with Gasteiger partial charge in [-0.3, -0.25) is 5.32 Å². The smallest absolute Gasteiger partial charge is 0.400 e. The molecule has 2 unspecified atom stereocenters. The molecular formula is C13H20NO4P. The Morgan fingerprint density at radius 1 is 1.53 bits per heavy atom. The monoisotopic (exact) mass is 285 g/mol. The van der Waals surface area contributed by atoms with Crippen LogP contribution in [-0.4, -0.2) is 18.5 Å². The molecule has 0 fully saturated rings. The molecule has 1 aliphatic heterocycles. The normalized spacial score (nSPS) is 28.8. The topological polar surface area (TPSA) is 67.8 Å². The van der Waals surface area contributed by atoms with E-state index in [1.807, 2.05) is 0 Å². The summed E-state index contributed by atoms with van der Waals surface area (Å²) in [6, 6.07) is 5.20. The Bertz CT molecular complexity index is 519. The molecule has 0 radical (unpaired) electrons. The van der Waals surface area contributed by atoms with Crippen LogP contribution < -0.4 is 14.6 Å². The molecule has 19 heavy (non-hydrogen) atoms. The summed E-state index contributed by atoms with van der Waals surface area (Å²) in [6.45, 7) is 4.46. The highest BCUT2D eigenvalue weighted by Gasteiger charge is 2.54. The molecule has 1 aliphatic rings. The van der Waals surface area contributed by atoms with Crippen LogP contribution in [0.5, 0.6) is 11.5 Å². The van der Waals surface area contributed by atoms with Gasteiger partial charge >= 0.3 is 7.60 Å². The molecule has 0 bridgehead atoms. The summed E-state index contributed by atoms with van der Waals surface area (Å²) >= 11 is 0. The molecular weight excluding hydrogens is 265 g/mol. The number of rotatable bonds is 5. The van der Waals surface area contributed by atoms with Gasteiger partial charge < -0.3 is 14.2 Å². The molecule has 5 nitrogen and oxygen atoms in total. The average molecular weight is 285 g/mol. The minimum Gasteiger partial charge on any atom is -0.497 e. The van der Waals surface area contributed by atoms with Gasteiger partial charge in [0.25, 0.3) is 0 Å². The van der Waals surface area contributed by atoms with Crippen molar-refractivity contribution in [1.29, 1.82) is 0 Å². The fraction of sp³-hybridized carbons (Fsp3) is 0.538. The van der Waals surface area contributed by atoms with E-state index >= 15 is 0 Å². The fourth-order valence-electron chi connectivity index (χ4n) is 2.19. The van der Waals surface area contributed by atoms with Gasteiger partial charge in [-0.15, -0.1) is 0 Å². The second-order valence-electron chi connectivity index (χ2n) is 4.83. The van der Waals surface area contributed by atoms with Crippen molar-refractivity contribution < 1.29 is 18.7 Å². The Morgan fingerprint density at radius 3 is 2.89 bits per heavy atom. The summed E-state index contributed by atoms with van der Waals surface area (Å²) in [5.74, 6) is 1.02. The number of hydrogen-bond acceptors (Lipinski definition) is 4. The molecule has 0 aromatic heterocycles. The zero-order valence-electron chi connectivity index (χ0n) is 11.5. The fourth-order valence-corrected chi connectivity index (χ4v) is 3.59. The van der Waals surface area contributed by atoms with Crippen molar-refractivity contribution in [1.82, 2.24) is 5.32 Å². The van der Waals surface area contributed by atoms with E-state index in [1.54, 1.807) is 32.2 Å². The molecule has 0 amide bonds. The van der Waals surface area contributed by atoms with Crippen molar-refractivity contribution in [2.75, 3.05) is 13.7 Å². The van der Waals surface area contributed by atoms with Gasteiger partial charge in [-0.1, -0.05) is 13.3 Å². The zero-order chi connectivity index (χ0) is 14.1. The van der Waals surface area contributed by atoms with Crippen LogP contribution in [0.3, 0.4) is 0 Å². The van der Waals surface area contributed by atoms with E-state index < -0.39 is 12.9 Å². The van der Waals surface area contributed by atoms with Crippen LogP contribution >= 0.6 is 7.60 Å². The Balaban J connectivity index is 2.36. The number of methoxy groups -OCH3 is 1. The van der Waals surface area contributed by atoms with Crippen molar-refractivity contribution in [2.45, 2.75) is 32.0 Å². The van der Waals surface area contributed by atoms with Crippen molar-refractivity contribution in [3.63, 3.8) is 0 Å². The first-order chi connectivity index (χ1) is 8.94. The van der Waals surface area contributed by atoms with Gasteiger partial charge in [0.15, 0.2) is 5.28 Å². The summed E-state index contributed by atoms with van der Waals surface area (Å²) in [6.07, 6.45) is 1.97. The van der Waals surface area contributed by atoms with E-state index in [4.69, 9.17) is 9.26 Å². The Morgan fingerprint density at radius 2 is 2.26 bits per heavy atom. The number of ether oxygens (including phenoxy) is 1. The maximum absolute atomic E-state index is 12.3. The first-order valence-electron chi connectivity index (χ1n) is 6.40. The van der Waals surface area contributed by atoms with Gasteiger partial charge in [0.2, 0.25) is 0 Å². The van der Waals surface area contributed by atoms with Gasteiger partial charge in [-0.25, -0.2) is 4.57 Å². The Labute approximate surface area is 113 Å². The van der Waals surface area contributed by atoms with Crippen molar-refractivity contribution in [2.24, 2.45) is 0 Å². The molecule has 0 saturated heterocycles. The summed E-state index contributed by atoms with van der Waals surface area (Å²) in [5, 5.41) is 2.11. The van der Waals surface area contributed by atoms with Crippen LogP contribution in [0, 0.1) is 0 Å². The number of nitrogens with one attached hydrogen (secondary N) is 1. The van der Waals surface area contributed by atoms with E-state index in [0.717, 1.165) is 12.8 Å². The Hall–Kier alpha value is -1.03. The first-order valence-corrected chi connectivity index (χ1v) is 7.98. The standard InChI is InChI=1S/C13H20NO4P/c1-4-5-8-14-13(2)11-7-6-10(17-3)9-12(11)18-19(13,15)16/h6-7,9,14H,4-5,8H2,1-3H3,(H,15,16). The van der Waals surface area contributed by atoms with Crippen molar-refractivity contribution in [3.8, 4) is 11.5 Å². The predicted molar refractivity (Wildman–Crippen MR) is 73.7 cm³/mol. The minimum absolute atomic E-state index is 0.414. The van der Waals surface area contributed by atoms with E-state index in [-0.39, 0.29) is 0 Å². The molecule has 1 aromatic carbocycles. The van der Waals surface area contributed by atoms with Gasteiger partial charge in [-0.2, -0.15) is 0 Å². The van der Waals surface area contributed by atoms with Gasteiger partial charge in [-0.05, 0) is 32.0 Å². The van der Waals surface area contributed by atoms with E-state index in [9.17, 15) is 9.46 Å². The summed E-state index contributed by atoms with van der Waals surface area (Å²) < 4.78 is 22.7. The second kappa shape index (κ2) is 5.16. The third-order valence-electron chi connectivity index (χ3n) is 3.50. The van der Waals surface area contributed by atoms with Gasteiger partial charge in [0.05, 0.1) is 7.11 Å². The predicted octanol–water partition coefficient (Wildman–Crippen LogP) is 2.84. The molecule has 0 spiro atoms. The number of unbranched alkanes of at least 4 members (excludes halogenated alkanes) is 1. The molecule has 2 rings (SSSR count). The first kappa shape index (κ1) is 14.4. The second-order valence-corrected chi connectivity index (χ2v) is 6.94. The van der Waals surface area contributed by atoms with Crippen molar-refractivity contribution >= 4 is 7.60 Å². The molecule has 106 valence electrons. The molecule has 2 atom stereocenters. The molecule has 6 heteroatoms. The lowest BCUT2D eigenvalue weighted by Crippen LogP contribution is -2.38. The summed E-state index contributed by atoms with van der Waals surface area (Å²) in [4.78, 5) is 10.1. The van der Waals surface area contributed by atoms with Crippen LogP contribution in [0.2, 0.25) is 0 Å². The van der Waals surface area contributed by atoms with E-state index in [1.165, 1.54) is 0 Å². The third-order valence-corrected chi connectivity index (χ3v) is 5.47.